The molecule has 0 aromatic heterocycles. The van der Waals surface area contributed by atoms with E-state index in [0.29, 0.717) is 5.75 Å². The molecule has 0 radical (unpaired) electrons. The van der Waals surface area contributed by atoms with Gasteiger partial charge in [-0.25, -0.2) is 0 Å². The summed E-state index contributed by atoms with van der Waals surface area (Å²) < 4.78 is 10.9. The number of aryl methyl sites for hydroxylation is 2. The number of amides is 1. The summed E-state index contributed by atoms with van der Waals surface area (Å²) >= 11 is 0. The number of nitrogens with one attached hydrogen (secondary N) is 1. The SMILES string of the molecule is CC[C@@H](NC(=O)[C@H](C)Oc1ccc(OC)cc1)c1ccc2c(c1)CCCC2. The largest absolute Gasteiger partial charge is 0.497 e. The standard InChI is InChI=1S/C23H29NO3/c1-4-22(19-10-9-17-7-5-6-8-18(17)15-19)24-23(25)16(2)27-21-13-11-20(26-3)12-14-21/h9-16,22H,4-8H2,1-3H3,(H,24,25)/t16-,22+/m0/s1. The molecule has 2 atom stereocenters. The maximum Gasteiger partial charge on any atom is 0.261 e. The van der Waals surface area contributed by atoms with E-state index in [1.165, 1.54) is 36.0 Å². The molecule has 2 aromatic carbocycles. The summed E-state index contributed by atoms with van der Waals surface area (Å²) in [4.78, 5) is 12.6. The van der Waals surface area contributed by atoms with Gasteiger partial charge in [0, 0.05) is 0 Å². The summed E-state index contributed by atoms with van der Waals surface area (Å²) in [5, 5.41) is 3.14. The maximum atomic E-state index is 12.6. The summed E-state index contributed by atoms with van der Waals surface area (Å²) in [6.45, 7) is 3.87. The topological polar surface area (TPSA) is 47.6 Å². The van der Waals surface area contributed by atoms with E-state index in [1.807, 2.05) is 24.3 Å². The zero-order valence-corrected chi connectivity index (χ0v) is 16.5. The van der Waals surface area contributed by atoms with E-state index in [4.69, 9.17) is 9.47 Å². The Hall–Kier alpha value is -2.49. The number of hydrogen-bond donors (Lipinski definition) is 1. The van der Waals surface area contributed by atoms with Crippen LogP contribution in [0.1, 0.15) is 55.8 Å². The van der Waals surface area contributed by atoms with Crippen LogP contribution in [0.4, 0.5) is 0 Å². The number of carbonyl (C=O) groups is 1. The fraction of sp³-hybridized carbons (Fsp3) is 0.435. The summed E-state index contributed by atoms with van der Waals surface area (Å²) in [7, 11) is 1.62. The molecule has 144 valence electrons. The number of ether oxygens (including phenoxy) is 2. The van der Waals surface area contributed by atoms with Gasteiger partial charge in [-0.2, -0.15) is 0 Å². The van der Waals surface area contributed by atoms with E-state index < -0.39 is 6.10 Å². The Labute approximate surface area is 161 Å². The average molecular weight is 367 g/mol. The van der Waals surface area contributed by atoms with Crippen molar-refractivity contribution in [1.29, 1.82) is 0 Å². The quantitative estimate of drug-likeness (QED) is 0.777. The van der Waals surface area contributed by atoms with E-state index in [-0.39, 0.29) is 11.9 Å². The fourth-order valence-electron chi connectivity index (χ4n) is 3.59. The average Bonchev–Trinajstić information content (AvgIpc) is 2.72. The van der Waals surface area contributed by atoms with Crippen LogP contribution in [0.25, 0.3) is 0 Å². The van der Waals surface area contributed by atoms with E-state index in [9.17, 15) is 4.79 Å². The summed E-state index contributed by atoms with van der Waals surface area (Å²) in [6.07, 6.45) is 5.13. The predicted molar refractivity (Wildman–Crippen MR) is 107 cm³/mol. The van der Waals surface area contributed by atoms with Crippen molar-refractivity contribution in [3.8, 4) is 11.5 Å². The maximum absolute atomic E-state index is 12.6. The molecule has 0 spiro atoms. The van der Waals surface area contributed by atoms with Gasteiger partial charge >= 0.3 is 0 Å². The van der Waals surface area contributed by atoms with Gasteiger partial charge in [0.05, 0.1) is 13.2 Å². The second-order valence-electron chi connectivity index (χ2n) is 7.14. The van der Waals surface area contributed by atoms with Crippen LogP contribution in [0.2, 0.25) is 0 Å². The van der Waals surface area contributed by atoms with E-state index in [0.717, 1.165) is 18.6 Å². The monoisotopic (exact) mass is 367 g/mol. The Bertz CT molecular complexity index is 770. The first-order valence-corrected chi connectivity index (χ1v) is 9.83. The first-order valence-electron chi connectivity index (χ1n) is 9.83. The third kappa shape index (κ3) is 4.82. The third-order valence-corrected chi connectivity index (χ3v) is 5.24. The predicted octanol–water partition coefficient (Wildman–Crippen LogP) is 4.61. The molecule has 0 saturated heterocycles. The minimum atomic E-state index is -0.565. The first kappa shape index (κ1) is 19.3. The lowest BCUT2D eigenvalue weighted by Crippen LogP contribution is -2.38. The first-order chi connectivity index (χ1) is 13.1. The Morgan fingerprint density at radius 1 is 1.04 bits per heavy atom. The highest BCUT2D eigenvalue weighted by molar-refractivity contribution is 5.81. The summed E-state index contributed by atoms with van der Waals surface area (Å²) in [5.41, 5.74) is 4.08. The van der Waals surface area contributed by atoms with Crippen molar-refractivity contribution in [2.75, 3.05) is 7.11 Å². The van der Waals surface area contributed by atoms with E-state index >= 15 is 0 Å². The number of benzene rings is 2. The van der Waals surface area contributed by atoms with Crippen molar-refractivity contribution < 1.29 is 14.3 Å². The molecule has 27 heavy (non-hydrogen) atoms. The van der Waals surface area contributed by atoms with Gasteiger partial charge in [-0.3, -0.25) is 4.79 Å². The second kappa shape index (κ2) is 8.94. The van der Waals surface area contributed by atoms with Crippen LogP contribution in [-0.2, 0) is 17.6 Å². The summed E-state index contributed by atoms with van der Waals surface area (Å²) in [6, 6.07) is 13.9. The normalized spacial score (nSPS) is 15.4. The Balaban J connectivity index is 1.63. The Morgan fingerprint density at radius 2 is 1.70 bits per heavy atom. The van der Waals surface area contributed by atoms with Gasteiger partial charge in [-0.05, 0) is 80.0 Å². The third-order valence-electron chi connectivity index (χ3n) is 5.24. The van der Waals surface area contributed by atoms with Crippen LogP contribution >= 0.6 is 0 Å². The molecule has 0 heterocycles. The molecule has 1 aliphatic carbocycles. The zero-order valence-electron chi connectivity index (χ0n) is 16.5. The molecule has 2 aromatic rings. The molecule has 0 saturated carbocycles. The lowest BCUT2D eigenvalue weighted by atomic mass is 9.89. The number of hydrogen-bond acceptors (Lipinski definition) is 3. The molecule has 1 N–H and O–H groups in total. The highest BCUT2D eigenvalue weighted by Crippen LogP contribution is 2.26. The van der Waals surface area contributed by atoms with Gasteiger partial charge in [-0.1, -0.05) is 25.1 Å². The van der Waals surface area contributed by atoms with E-state index in [1.54, 1.807) is 14.0 Å². The highest BCUT2D eigenvalue weighted by atomic mass is 16.5. The molecule has 0 unspecified atom stereocenters. The number of methoxy groups -OCH3 is 1. The van der Waals surface area contributed by atoms with Crippen molar-refractivity contribution in [2.24, 2.45) is 0 Å². The van der Waals surface area contributed by atoms with Gasteiger partial charge in [-0.15, -0.1) is 0 Å². The smallest absolute Gasteiger partial charge is 0.261 e. The zero-order chi connectivity index (χ0) is 19.2. The Morgan fingerprint density at radius 3 is 2.37 bits per heavy atom. The van der Waals surface area contributed by atoms with Crippen molar-refractivity contribution >= 4 is 5.91 Å². The fourth-order valence-corrected chi connectivity index (χ4v) is 3.59. The minimum Gasteiger partial charge on any atom is -0.497 e. The molecule has 3 rings (SSSR count). The van der Waals surface area contributed by atoms with Crippen LogP contribution in [0, 0.1) is 0 Å². The van der Waals surface area contributed by atoms with Crippen LogP contribution in [0.3, 0.4) is 0 Å². The molecular weight excluding hydrogens is 338 g/mol. The van der Waals surface area contributed by atoms with E-state index in [2.05, 4.69) is 30.4 Å². The van der Waals surface area contributed by atoms with Crippen molar-refractivity contribution in [3.05, 3.63) is 59.2 Å². The van der Waals surface area contributed by atoms with Crippen LogP contribution in [0.5, 0.6) is 11.5 Å². The number of rotatable bonds is 7. The van der Waals surface area contributed by atoms with Gasteiger partial charge in [0.1, 0.15) is 11.5 Å². The lowest BCUT2D eigenvalue weighted by Gasteiger charge is -2.23. The van der Waals surface area contributed by atoms with Crippen LogP contribution in [0.15, 0.2) is 42.5 Å². The van der Waals surface area contributed by atoms with Gasteiger partial charge < -0.3 is 14.8 Å². The molecule has 0 aliphatic heterocycles. The Kier molecular flexibility index (Phi) is 6.38. The molecular formula is C23H29NO3. The molecule has 0 bridgehead atoms. The second-order valence-corrected chi connectivity index (χ2v) is 7.14. The molecule has 0 fully saturated rings. The molecule has 4 heteroatoms. The highest BCUT2D eigenvalue weighted by Gasteiger charge is 2.20. The van der Waals surface area contributed by atoms with Crippen molar-refractivity contribution in [3.63, 3.8) is 0 Å². The number of carbonyl (C=O) groups excluding carboxylic acids is 1. The van der Waals surface area contributed by atoms with Crippen LogP contribution in [-0.4, -0.2) is 19.1 Å². The minimum absolute atomic E-state index is 0.00615. The molecule has 1 amide bonds. The molecule has 1 aliphatic rings. The molecule has 4 nitrogen and oxygen atoms in total. The lowest BCUT2D eigenvalue weighted by molar-refractivity contribution is -0.128. The van der Waals surface area contributed by atoms with Crippen LogP contribution < -0.4 is 14.8 Å². The van der Waals surface area contributed by atoms with Crippen molar-refractivity contribution in [2.45, 2.75) is 58.1 Å². The van der Waals surface area contributed by atoms with Crippen molar-refractivity contribution in [1.82, 2.24) is 5.32 Å². The van der Waals surface area contributed by atoms with Gasteiger partial charge in [0.25, 0.3) is 5.91 Å². The van der Waals surface area contributed by atoms with Gasteiger partial charge in [0.15, 0.2) is 6.10 Å². The number of fused-ring (bicyclic) bond motifs is 1. The van der Waals surface area contributed by atoms with Gasteiger partial charge in [0.2, 0.25) is 0 Å². The summed E-state index contributed by atoms with van der Waals surface area (Å²) in [5.74, 6) is 1.31.